The van der Waals surface area contributed by atoms with Crippen LogP contribution in [0.25, 0.3) is 0 Å². The number of likely N-dealkylation sites (N-methyl/N-ethyl adjacent to an activating group) is 1. The van der Waals surface area contributed by atoms with Gasteiger partial charge in [-0.25, -0.2) is 0 Å². The maximum absolute atomic E-state index is 9.87. The van der Waals surface area contributed by atoms with Gasteiger partial charge in [-0.05, 0) is 24.7 Å². The monoisotopic (exact) mass is 213 g/mol. The molecule has 1 rings (SSSR count). The van der Waals surface area contributed by atoms with Crippen LogP contribution in [-0.2, 0) is 4.74 Å². The third kappa shape index (κ3) is 3.87. The van der Waals surface area contributed by atoms with Crippen LogP contribution in [0.2, 0.25) is 0 Å². The molecule has 0 aliphatic carbocycles. The molecule has 1 aromatic carbocycles. The van der Waals surface area contributed by atoms with Gasteiger partial charge in [-0.2, -0.15) is 0 Å². The topological polar surface area (TPSA) is 50.7 Å². The summed E-state index contributed by atoms with van der Waals surface area (Å²) in [5, 5.41) is 12.3. The minimum atomic E-state index is -1.89. The van der Waals surface area contributed by atoms with Crippen LogP contribution in [0.5, 0.6) is 5.75 Å². The van der Waals surface area contributed by atoms with E-state index in [4.69, 9.17) is 12.2 Å². The molecule has 0 amide bonds. The predicted molar refractivity (Wildman–Crippen MR) is 57.8 cm³/mol. The van der Waals surface area contributed by atoms with E-state index in [1.54, 1.807) is 24.3 Å². The summed E-state index contributed by atoms with van der Waals surface area (Å²) < 4.78 is 25.1. The van der Waals surface area contributed by atoms with Gasteiger partial charge in [0, 0.05) is 16.3 Å². The Morgan fingerprint density at radius 3 is 3.07 bits per heavy atom. The smallest absolute Gasteiger partial charge is 0.188 e. The maximum atomic E-state index is 9.87. The Morgan fingerprint density at radius 2 is 2.40 bits per heavy atom. The highest BCUT2D eigenvalue weighted by atomic mass is 16.7. The predicted octanol–water partition coefficient (Wildman–Crippen LogP) is 0.922. The first-order valence-corrected chi connectivity index (χ1v) is 4.60. The Kier molecular flexibility index (Phi) is 3.90. The molecule has 1 atom stereocenters. The second kappa shape index (κ2) is 6.40. The first-order chi connectivity index (χ1) is 8.01. The van der Waals surface area contributed by atoms with Gasteiger partial charge in [0.25, 0.3) is 0 Å². The molecule has 15 heavy (non-hydrogen) atoms. The molecule has 0 spiro atoms. The molecule has 0 saturated heterocycles. The molecule has 0 aliphatic heterocycles. The van der Waals surface area contributed by atoms with E-state index in [9.17, 15) is 5.11 Å². The van der Waals surface area contributed by atoms with E-state index in [2.05, 4.69) is 5.32 Å². The van der Waals surface area contributed by atoms with E-state index in [1.165, 1.54) is 14.2 Å². The van der Waals surface area contributed by atoms with Crippen LogP contribution in [0.1, 0.15) is 14.4 Å². The van der Waals surface area contributed by atoms with Crippen LogP contribution in [0, 0.1) is 0 Å². The molecule has 0 saturated carbocycles. The van der Waals surface area contributed by atoms with E-state index >= 15 is 0 Å². The van der Waals surface area contributed by atoms with Crippen LogP contribution in [0.4, 0.5) is 0 Å². The third-order valence-corrected chi connectivity index (χ3v) is 1.80. The zero-order chi connectivity index (χ0) is 12.9. The lowest BCUT2D eigenvalue weighted by Crippen LogP contribution is -2.16. The van der Waals surface area contributed by atoms with Gasteiger partial charge in [-0.3, -0.25) is 0 Å². The molecule has 4 heteroatoms. The average Bonchev–Trinajstić information content (AvgIpc) is 2.35. The fraction of sp³-hybridized carbons (Fsp3) is 0.455. The van der Waals surface area contributed by atoms with Crippen molar-refractivity contribution in [2.45, 2.75) is 6.10 Å². The molecular formula is C11H17NO3. The molecule has 4 nitrogen and oxygen atoms in total. The fourth-order valence-electron chi connectivity index (χ4n) is 1.12. The van der Waals surface area contributed by atoms with Crippen LogP contribution in [0.3, 0.4) is 0 Å². The normalized spacial score (nSPS) is 15.4. The highest BCUT2D eigenvalue weighted by Crippen LogP contribution is 2.18. The standard InChI is InChI=1S/C11H17NO3/c1-12-7-11(13)9-4-3-5-10(6-9)15-8-14-2/h3-6,11-13H,7-8H2,1-2H3/t11-/m1/s1/i7D2. The third-order valence-electron chi connectivity index (χ3n) is 1.80. The zero-order valence-electron chi connectivity index (χ0n) is 10.9. The summed E-state index contributed by atoms with van der Waals surface area (Å²) in [6, 6.07) is 6.62. The maximum Gasteiger partial charge on any atom is 0.188 e. The van der Waals surface area contributed by atoms with Crippen molar-refractivity contribution in [2.24, 2.45) is 0 Å². The SMILES string of the molecule is [2H]C([2H])(NC)[C@@H](O)c1cccc(OCOC)c1. The summed E-state index contributed by atoms with van der Waals surface area (Å²) in [5.74, 6) is 0.523. The van der Waals surface area contributed by atoms with Crippen molar-refractivity contribution in [1.29, 1.82) is 0 Å². The van der Waals surface area contributed by atoms with E-state index in [0.29, 0.717) is 11.3 Å². The van der Waals surface area contributed by atoms with Gasteiger partial charge >= 0.3 is 0 Å². The van der Waals surface area contributed by atoms with Gasteiger partial charge < -0.3 is 19.9 Å². The largest absolute Gasteiger partial charge is 0.468 e. The van der Waals surface area contributed by atoms with Crippen LogP contribution >= 0.6 is 0 Å². The van der Waals surface area contributed by atoms with Crippen molar-refractivity contribution in [3.63, 3.8) is 0 Å². The van der Waals surface area contributed by atoms with Crippen LogP contribution in [-0.4, -0.2) is 32.6 Å². The van der Waals surface area contributed by atoms with Crippen molar-refractivity contribution in [3.8, 4) is 5.75 Å². The lowest BCUT2D eigenvalue weighted by Gasteiger charge is -2.12. The molecule has 2 N–H and O–H groups in total. The summed E-state index contributed by atoms with van der Waals surface area (Å²) in [4.78, 5) is 0. The van der Waals surface area contributed by atoms with E-state index in [-0.39, 0.29) is 6.79 Å². The summed E-state index contributed by atoms with van der Waals surface area (Å²) in [6.45, 7) is -1.78. The van der Waals surface area contributed by atoms with Gasteiger partial charge in [0.2, 0.25) is 0 Å². The van der Waals surface area contributed by atoms with Gasteiger partial charge in [0.05, 0.1) is 6.10 Å². The molecule has 0 unspecified atom stereocenters. The average molecular weight is 213 g/mol. The van der Waals surface area contributed by atoms with Gasteiger partial charge in [-0.1, -0.05) is 12.1 Å². The molecule has 84 valence electrons. The first kappa shape index (κ1) is 9.15. The highest BCUT2D eigenvalue weighted by molar-refractivity contribution is 5.29. The quantitative estimate of drug-likeness (QED) is 0.690. The first-order valence-electron chi connectivity index (χ1n) is 5.60. The molecule has 1 aromatic rings. The lowest BCUT2D eigenvalue weighted by molar-refractivity contribution is 0.0508. The Bertz CT molecular complexity index is 360. The molecular weight excluding hydrogens is 194 g/mol. The molecule has 0 fully saturated rings. The number of aliphatic hydroxyl groups excluding tert-OH is 1. The number of ether oxygens (including phenoxy) is 2. The number of aliphatic hydroxyl groups is 1. The summed E-state index contributed by atoms with van der Waals surface area (Å²) in [7, 11) is 2.97. The number of rotatable bonds is 6. The van der Waals surface area contributed by atoms with E-state index < -0.39 is 12.6 Å². The lowest BCUT2D eigenvalue weighted by atomic mass is 10.1. The molecule has 0 radical (unpaired) electrons. The minimum Gasteiger partial charge on any atom is -0.468 e. The second-order valence-electron chi connectivity index (χ2n) is 2.92. The number of nitrogens with one attached hydrogen (secondary N) is 1. The number of hydrogen-bond donors (Lipinski definition) is 2. The van der Waals surface area contributed by atoms with Gasteiger partial charge in [-0.15, -0.1) is 0 Å². The summed E-state index contributed by atoms with van der Waals surface area (Å²) in [6.07, 6.45) is -1.27. The van der Waals surface area contributed by atoms with Crippen molar-refractivity contribution in [2.75, 3.05) is 27.4 Å². The minimum absolute atomic E-state index is 0.110. The fourth-order valence-corrected chi connectivity index (χ4v) is 1.12. The Hall–Kier alpha value is -1.10. The van der Waals surface area contributed by atoms with Crippen molar-refractivity contribution < 1.29 is 17.3 Å². The Morgan fingerprint density at radius 1 is 1.60 bits per heavy atom. The summed E-state index contributed by atoms with van der Waals surface area (Å²) in [5.41, 5.74) is 0.443. The van der Waals surface area contributed by atoms with Crippen molar-refractivity contribution in [1.82, 2.24) is 5.32 Å². The molecule has 0 heterocycles. The Balaban J connectivity index is 2.84. The number of hydrogen-bond acceptors (Lipinski definition) is 4. The molecule has 0 aliphatic rings. The summed E-state index contributed by atoms with van der Waals surface area (Å²) >= 11 is 0. The van der Waals surface area contributed by atoms with E-state index in [1.807, 2.05) is 0 Å². The van der Waals surface area contributed by atoms with Gasteiger partial charge in [0.1, 0.15) is 5.75 Å². The molecule has 0 bridgehead atoms. The highest BCUT2D eigenvalue weighted by Gasteiger charge is 2.06. The van der Waals surface area contributed by atoms with Crippen molar-refractivity contribution in [3.05, 3.63) is 29.8 Å². The van der Waals surface area contributed by atoms with Crippen LogP contribution in [0.15, 0.2) is 24.3 Å². The zero-order valence-corrected chi connectivity index (χ0v) is 8.86. The van der Waals surface area contributed by atoms with E-state index in [0.717, 1.165) is 0 Å². The number of benzene rings is 1. The van der Waals surface area contributed by atoms with Crippen LogP contribution < -0.4 is 10.1 Å². The molecule has 0 aromatic heterocycles. The number of methoxy groups -OCH3 is 1. The van der Waals surface area contributed by atoms with Gasteiger partial charge in [0.15, 0.2) is 6.79 Å². The second-order valence-corrected chi connectivity index (χ2v) is 2.92. The van der Waals surface area contributed by atoms with Crippen molar-refractivity contribution >= 4 is 0 Å². The Labute approximate surface area is 92.6 Å².